The van der Waals surface area contributed by atoms with Gasteiger partial charge in [-0.1, -0.05) is 146 Å². The summed E-state index contributed by atoms with van der Waals surface area (Å²) in [6.45, 7) is 6.95. The molecular formula is C63H47N3. The lowest BCUT2D eigenvalue weighted by Crippen LogP contribution is -2.17. The van der Waals surface area contributed by atoms with E-state index in [9.17, 15) is 0 Å². The Balaban J connectivity index is 0.947. The van der Waals surface area contributed by atoms with Gasteiger partial charge in [-0.3, -0.25) is 0 Å². The van der Waals surface area contributed by atoms with Crippen molar-refractivity contribution in [1.82, 2.24) is 13.7 Å². The fourth-order valence-corrected chi connectivity index (χ4v) is 11.3. The van der Waals surface area contributed by atoms with Gasteiger partial charge in [-0.25, -0.2) is 0 Å². The number of aromatic nitrogens is 3. The zero-order valence-electron chi connectivity index (χ0n) is 37.3. The molecule has 0 spiro atoms. The Labute approximate surface area is 384 Å². The lowest BCUT2D eigenvalue weighted by atomic mass is 9.83. The van der Waals surface area contributed by atoms with Gasteiger partial charge in [0.15, 0.2) is 0 Å². The molecule has 3 aromatic heterocycles. The summed E-state index contributed by atoms with van der Waals surface area (Å²) in [5.74, 6) is 0.257. The maximum Gasteiger partial charge on any atom is 0.0588 e. The first kappa shape index (κ1) is 38.3. The lowest BCUT2D eigenvalue weighted by Gasteiger charge is -2.29. The van der Waals surface area contributed by atoms with Crippen molar-refractivity contribution in [2.45, 2.75) is 26.8 Å². The molecule has 13 rings (SSSR count). The summed E-state index contributed by atoms with van der Waals surface area (Å²) in [6, 6.07) is 76.3. The third-order valence-electron chi connectivity index (χ3n) is 14.4. The van der Waals surface area contributed by atoms with Gasteiger partial charge in [-0.15, -0.1) is 0 Å². The molecule has 12 aromatic rings. The fraction of sp³-hybridized carbons (Fsp3) is 0.0794. The summed E-state index contributed by atoms with van der Waals surface area (Å²) in [5, 5.41) is 7.70. The molecule has 3 heteroatoms. The van der Waals surface area contributed by atoms with Gasteiger partial charge >= 0.3 is 0 Å². The minimum absolute atomic E-state index is 0.185. The highest BCUT2D eigenvalue weighted by Gasteiger charge is 2.26. The molecule has 3 nitrogen and oxygen atoms in total. The van der Waals surface area contributed by atoms with Crippen LogP contribution in [0.25, 0.3) is 105 Å². The second-order valence-corrected chi connectivity index (χ2v) is 18.3. The van der Waals surface area contributed by atoms with Gasteiger partial charge in [0.05, 0.1) is 28.1 Å². The highest BCUT2D eigenvalue weighted by Crippen LogP contribution is 2.44. The van der Waals surface area contributed by atoms with E-state index in [2.05, 4.69) is 253 Å². The normalized spacial score (nSPS) is 15.4. The molecule has 0 N–H and O–H groups in total. The molecule has 0 saturated carbocycles. The first-order valence-corrected chi connectivity index (χ1v) is 23.2. The number of aryl methyl sites for hydroxylation is 1. The molecule has 314 valence electrons. The van der Waals surface area contributed by atoms with Crippen LogP contribution in [0.5, 0.6) is 0 Å². The van der Waals surface area contributed by atoms with Crippen molar-refractivity contribution in [3.8, 4) is 33.6 Å². The van der Waals surface area contributed by atoms with Crippen LogP contribution in [0, 0.1) is 12.8 Å². The number of fused-ring (bicyclic) bond motifs is 9. The van der Waals surface area contributed by atoms with Crippen LogP contribution in [0.15, 0.2) is 224 Å². The molecule has 2 atom stereocenters. The van der Waals surface area contributed by atoms with Crippen LogP contribution in [-0.2, 0) is 0 Å². The van der Waals surface area contributed by atoms with Gasteiger partial charge in [0, 0.05) is 54.7 Å². The van der Waals surface area contributed by atoms with Crippen LogP contribution in [0.4, 0.5) is 0 Å². The zero-order chi connectivity index (χ0) is 44.0. The predicted molar refractivity (Wildman–Crippen MR) is 280 cm³/mol. The highest BCUT2D eigenvalue weighted by molar-refractivity contribution is 6.11. The number of rotatable bonds is 6. The Hall–Kier alpha value is -8.14. The van der Waals surface area contributed by atoms with Crippen LogP contribution in [0.3, 0.4) is 0 Å². The molecule has 0 radical (unpaired) electrons. The van der Waals surface area contributed by atoms with Crippen LogP contribution >= 0.6 is 0 Å². The Bertz CT molecular complexity index is 3820. The van der Waals surface area contributed by atoms with Gasteiger partial charge in [-0.05, 0) is 143 Å². The van der Waals surface area contributed by atoms with E-state index >= 15 is 0 Å². The van der Waals surface area contributed by atoms with Crippen LogP contribution < -0.4 is 0 Å². The molecule has 0 saturated heterocycles. The van der Waals surface area contributed by atoms with Gasteiger partial charge in [0.25, 0.3) is 0 Å². The van der Waals surface area contributed by atoms with Gasteiger partial charge in [0.2, 0.25) is 0 Å². The molecule has 2 unspecified atom stereocenters. The summed E-state index contributed by atoms with van der Waals surface area (Å²) in [5.41, 5.74) is 19.7. The number of nitrogens with zero attached hydrogens (tertiary/aromatic N) is 3. The number of para-hydroxylation sites is 6. The minimum Gasteiger partial charge on any atom is -0.333 e. The molecule has 1 aliphatic rings. The number of benzene rings is 9. The quantitative estimate of drug-likeness (QED) is 0.158. The van der Waals surface area contributed by atoms with Crippen molar-refractivity contribution in [3.63, 3.8) is 0 Å². The maximum absolute atomic E-state index is 2.56. The van der Waals surface area contributed by atoms with E-state index < -0.39 is 0 Å². The third kappa shape index (κ3) is 5.90. The molecule has 0 amide bonds. The van der Waals surface area contributed by atoms with Crippen molar-refractivity contribution in [2.24, 2.45) is 5.92 Å². The second-order valence-electron chi connectivity index (χ2n) is 18.3. The first-order chi connectivity index (χ1) is 32.5. The van der Waals surface area contributed by atoms with E-state index in [-0.39, 0.29) is 12.0 Å². The average molecular weight is 846 g/mol. The Morgan fingerprint density at radius 3 is 1.26 bits per heavy atom. The lowest BCUT2D eigenvalue weighted by molar-refractivity contribution is 0.509. The van der Waals surface area contributed by atoms with Crippen LogP contribution in [0.2, 0.25) is 0 Å². The van der Waals surface area contributed by atoms with E-state index in [0.717, 1.165) is 5.69 Å². The number of allylic oxidation sites excluding steroid dienone is 4. The van der Waals surface area contributed by atoms with Gasteiger partial charge in [0.1, 0.15) is 0 Å². The Kier molecular flexibility index (Phi) is 8.69. The van der Waals surface area contributed by atoms with E-state index in [1.807, 2.05) is 0 Å². The Morgan fingerprint density at radius 1 is 0.348 bits per heavy atom. The topological polar surface area (TPSA) is 14.8 Å². The van der Waals surface area contributed by atoms with Crippen LogP contribution in [-0.4, -0.2) is 13.7 Å². The van der Waals surface area contributed by atoms with Crippen LogP contribution in [0.1, 0.15) is 31.0 Å². The summed E-state index contributed by atoms with van der Waals surface area (Å²) >= 11 is 0. The second kappa shape index (κ2) is 15.0. The molecule has 66 heavy (non-hydrogen) atoms. The van der Waals surface area contributed by atoms with E-state index in [1.54, 1.807) is 0 Å². The zero-order valence-corrected chi connectivity index (χ0v) is 37.3. The number of hydrogen-bond acceptors (Lipinski definition) is 0. The summed E-state index contributed by atoms with van der Waals surface area (Å²) < 4.78 is 7.38. The van der Waals surface area contributed by atoms with E-state index in [4.69, 9.17) is 0 Å². The summed E-state index contributed by atoms with van der Waals surface area (Å²) in [6.07, 6.45) is 5.04. The number of hydrogen-bond donors (Lipinski definition) is 0. The smallest absolute Gasteiger partial charge is 0.0588 e. The monoisotopic (exact) mass is 845 g/mol. The molecule has 1 aliphatic carbocycles. The SMILES string of the molecule is CC1=CC(n2c3ccccc3c3ccccc32)C(C)C=C1c1cc(-c2ccc(-n3c4ccccc4c4ccccc43)cc2)cc(-c2ccc(-n3c4ccccc4c4ccccc43)cc2C)c1. The molecule has 0 fully saturated rings. The summed E-state index contributed by atoms with van der Waals surface area (Å²) in [7, 11) is 0. The van der Waals surface area contributed by atoms with Gasteiger partial charge in [-0.2, -0.15) is 0 Å². The van der Waals surface area contributed by atoms with Crippen molar-refractivity contribution in [2.75, 3.05) is 0 Å². The molecule has 9 aromatic carbocycles. The maximum atomic E-state index is 2.56. The Morgan fingerprint density at radius 2 is 0.758 bits per heavy atom. The van der Waals surface area contributed by atoms with Gasteiger partial charge < -0.3 is 13.7 Å². The predicted octanol–water partition coefficient (Wildman–Crippen LogP) is 16.9. The molecule has 0 bridgehead atoms. The first-order valence-electron chi connectivity index (χ1n) is 23.2. The minimum atomic E-state index is 0.185. The van der Waals surface area contributed by atoms with Crippen molar-refractivity contribution in [3.05, 3.63) is 235 Å². The van der Waals surface area contributed by atoms with Crippen molar-refractivity contribution >= 4 is 71.0 Å². The molecular weight excluding hydrogens is 799 g/mol. The third-order valence-corrected chi connectivity index (χ3v) is 14.4. The van der Waals surface area contributed by atoms with Crippen molar-refractivity contribution in [1.29, 1.82) is 0 Å². The van der Waals surface area contributed by atoms with E-state index in [0.29, 0.717) is 0 Å². The highest BCUT2D eigenvalue weighted by atomic mass is 15.0. The van der Waals surface area contributed by atoms with E-state index in [1.165, 1.54) is 116 Å². The summed E-state index contributed by atoms with van der Waals surface area (Å²) in [4.78, 5) is 0. The fourth-order valence-electron chi connectivity index (χ4n) is 11.3. The average Bonchev–Trinajstić information content (AvgIpc) is 4.00. The molecule has 3 heterocycles. The largest absolute Gasteiger partial charge is 0.333 e. The standard InChI is InChI=1S/C63H47N3/c1-40-34-48(65-59-24-12-6-18-52(59)53-19-7-13-25-60(53)65)32-33-49(40)45-37-44(43-28-30-47(31-29-43)64-57-22-10-4-16-50(57)51-17-5-11-23-58(51)64)38-46(39-45)56-35-42(3)63(36-41(56)2)66-61-26-14-8-20-54(61)55-21-9-15-27-62(55)66/h4-39,42,63H,1-3H3. The molecule has 0 aliphatic heterocycles. The van der Waals surface area contributed by atoms with Crippen molar-refractivity contribution < 1.29 is 0 Å².